The molecule has 0 spiro atoms. The highest BCUT2D eigenvalue weighted by Gasteiger charge is 2.14. The topological polar surface area (TPSA) is 63.1 Å². The van der Waals surface area contributed by atoms with Gasteiger partial charge in [-0.15, -0.1) is 0 Å². The molecule has 1 aromatic heterocycles. The summed E-state index contributed by atoms with van der Waals surface area (Å²) in [6, 6.07) is 4.42. The Morgan fingerprint density at radius 1 is 1.45 bits per heavy atom. The second kappa shape index (κ2) is 5.96. The van der Waals surface area contributed by atoms with E-state index < -0.39 is 11.8 Å². The van der Waals surface area contributed by atoms with Crippen LogP contribution in [0, 0.1) is 5.82 Å². The lowest BCUT2D eigenvalue weighted by molar-refractivity contribution is 0.0694. The Morgan fingerprint density at radius 3 is 2.80 bits per heavy atom. The van der Waals surface area contributed by atoms with Gasteiger partial charge in [0.25, 0.3) is 0 Å². The molecular formula is C14H12ClFN2O2. The number of carboxylic acids is 1. The number of benzene rings is 1. The lowest BCUT2D eigenvalue weighted by Gasteiger charge is -2.07. The minimum Gasteiger partial charge on any atom is -0.478 e. The van der Waals surface area contributed by atoms with Gasteiger partial charge in [-0.3, -0.25) is 0 Å². The largest absolute Gasteiger partial charge is 0.478 e. The zero-order chi connectivity index (χ0) is 14.7. The maximum atomic E-state index is 13.7. The van der Waals surface area contributed by atoms with Gasteiger partial charge in [-0.05, 0) is 18.6 Å². The van der Waals surface area contributed by atoms with Gasteiger partial charge in [-0.25, -0.2) is 19.2 Å². The van der Waals surface area contributed by atoms with Crippen molar-refractivity contribution in [1.29, 1.82) is 0 Å². The third kappa shape index (κ3) is 2.93. The molecule has 0 fully saturated rings. The lowest BCUT2D eigenvalue weighted by Crippen LogP contribution is -2.09. The van der Waals surface area contributed by atoms with Gasteiger partial charge in [0.1, 0.15) is 11.6 Å². The van der Waals surface area contributed by atoms with Crippen LogP contribution in [0.25, 0.3) is 0 Å². The fraction of sp³-hybridized carbons (Fsp3) is 0.214. The van der Waals surface area contributed by atoms with E-state index in [1.165, 1.54) is 18.3 Å². The first-order valence-electron chi connectivity index (χ1n) is 6.04. The number of aromatic carboxylic acids is 1. The van der Waals surface area contributed by atoms with Crippen LogP contribution >= 0.6 is 11.6 Å². The molecule has 6 heteroatoms. The molecule has 0 aliphatic carbocycles. The van der Waals surface area contributed by atoms with Crippen LogP contribution in [0.1, 0.15) is 34.4 Å². The summed E-state index contributed by atoms with van der Waals surface area (Å²) in [5.74, 6) is -1.15. The molecule has 0 unspecified atom stereocenters. The standard InChI is InChI=1S/C14H12ClFN2O2/c1-2-12-9(14(19)20)7-17-13(18-12)6-8-10(15)4-3-5-11(8)16/h3-5,7H,2,6H2,1H3,(H,19,20). The summed E-state index contributed by atoms with van der Waals surface area (Å²) in [4.78, 5) is 19.1. The molecule has 2 rings (SSSR count). The molecule has 4 nitrogen and oxygen atoms in total. The van der Waals surface area contributed by atoms with Crippen molar-refractivity contribution < 1.29 is 14.3 Å². The van der Waals surface area contributed by atoms with Gasteiger partial charge >= 0.3 is 5.97 Å². The van der Waals surface area contributed by atoms with Crippen LogP contribution in [0.5, 0.6) is 0 Å². The van der Waals surface area contributed by atoms with Crippen LogP contribution in [0.15, 0.2) is 24.4 Å². The Kier molecular flexibility index (Phi) is 4.29. The summed E-state index contributed by atoms with van der Waals surface area (Å²) < 4.78 is 13.7. The second-order valence-electron chi connectivity index (χ2n) is 4.18. The van der Waals surface area contributed by atoms with E-state index in [2.05, 4.69) is 9.97 Å². The molecule has 0 aliphatic rings. The van der Waals surface area contributed by atoms with Gasteiger partial charge in [0.2, 0.25) is 0 Å². The number of aromatic nitrogens is 2. The van der Waals surface area contributed by atoms with Gasteiger partial charge in [0.15, 0.2) is 0 Å². The first-order valence-corrected chi connectivity index (χ1v) is 6.41. The van der Waals surface area contributed by atoms with Crippen LogP contribution in [-0.2, 0) is 12.8 Å². The van der Waals surface area contributed by atoms with Crippen LogP contribution < -0.4 is 0 Å². The van der Waals surface area contributed by atoms with Gasteiger partial charge in [-0.2, -0.15) is 0 Å². The minimum absolute atomic E-state index is 0.0656. The van der Waals surface area contributed by atoms with Gasteiger partial charge < -0.3 is 5.11 Å². The number of aryl methyl sites for hydroxylation is 1. The fourth-order valence-electron chi connectivity index (χ4n) is 1.85. The summed E-state index contributed by atoms with van der Waals surface area (Å²) in [5.41, 5.74) is 0.796. The molecule has 0 atom stereocenters. The smallest absolute Gasteiger partial charge is 0.339 e. The molecule has 1 aromatic carbocycles. The maximum absolute atomic E-state index is 13.7. The molecule has 104 valence electrons. The molecule has 0 aliphatic heterocycles. The lowest BCUT2D eigenvalue weighted by atomic mass is 10.1. The molecule has 0 saturated heterocycles. The van der Waals surface area contributed by atoms with E-state index in [0.717, 1.165) is 0 Å². The van der Waals surface area contributed by atoms with E-state index in [0.29, 0.717) is 28.5 Å². The van der Waals surface area contributed by atoms with Crippen molar-refractivity contribution in [3.05, 3.63) is 57.9 Å². The summed E-state index contributed by atoms with van der Waals surface area (Å²) >= 11 is 5.95. The number of carboxylic acid groups (broad SMARTS) is 1. The van der Waals surface area contributed by atoms with Crippen molar-refractivity contribution in [2.24, 2.45) is 0 Å². The predicted octanol–water partition coefficient (Wildman–Crippen LogP) is 3.12. The monoisotopic (exact) mass is 294 g/mol. The molecule has 1 heterocycles. The van der Waals surface area contributed by atoms with E-state index in [1.54, 1.807) is 13.0 Å². The maximum Gasteiger partial charge on any atom is 0.339 e. The van der Waals surface area contributed by atoms with Gasteiger partial charge in [0.05, 0.1) is 11.3 Å². The summed E-state index contributed by atoms with van der Waals surface area (Å²) in [7, 11) is 0. The molecule has 2 aromatic rings. The van der Waals surface area contributed by atoms with Crippen molar-refractivity contribution in [1.82, 2.24) is 9.97 Å². The van der Waals surface area contributed by atoms with E-state index >= 15 is 0 Å². The number of rotatable bonds is 4. The van der Waals surface area contributed by atoms with Crippen LogP contribution in [0.4, 0.5) is 4.39 Å². The Labute approximate surface area is 120 Å². The van der Waals surface area contributed by atoms with Crippen molar-refractivity contribution in [3.63, 3.8) is 0 Å². The molecule has 20 heavy (non-hydrogen) atoms. The quantitative estimate of drug-likeness (QED) is 0.941. The predicted molar refractivity (Wildman–Crippen MR) is 72.6 cm³/mol. The average molecular weight is 295 g/mol. The van der Waals surface area contributed by atoms with Crippen molar-refractivity contribution in [2.45, 2.75) is 19.8 Å². The van der Waals surface area contributed by atoms with E-state index in [9.17, 15) is 9.18 Å². The van der Waals surface area contributed by atoms with Crippen LogP contribution in [0.2, 0.25) is 5.02 Å². The Hall–Kier alpha value is -2.01. The van der Waals surface area contributed by atoms with Crippen LogP contribution in [-0.4, -0.2) is 21.0 Å². The first-order chi connectivity index (χ1) is 9.52. The molecular weight excluding hydrogens is 283 g/mol. The molecule has 0 radical (unpaired) electrons. The van der Waals surface area contributed by atoms with Crippen molar-refractivity contribution >= 4 is 17.6 Å². The Bertz CT molecular complexity index is 641. The normalized spacial score (nSPS) is 10.6. The summed E-state index contributed by atoms with van der Waals surface area (Å²) in [6.07, 6.45) is 1.83. The van der Waals surface area contributed by atoms with Gasteiger partial charge in [-0.1, -0.05) is 24.6 Å². The number of carbonyl (C=O) groups is 1. The van der Waals surface area contributed by atoms with E-state index in [1.807, 2.05) is 0 Å². The molecule has 0 amide bonds. The highest BCUT2D eigenvalue weighted by atomic mass is 35.5. The number of hydrogen-bond donors (Lipinski definition) is 1. The average Bonchev–Trinajstić information content (AvgIpc) is 2.42. The third-order valence-electron chi connectivity index (χ3n) is 2.88. The number of halogens is 2. The van der Waals surface area contributed by atoms with Crippen molar-refractivity contribution in [2.75, 3.05) is 0 Å². The van der Waals surface area contributed by atoms with Crippen LogP contribution in [0.3, 0.4) is 0 Å². The number of hydrogen-bond acceptors (Lipinski definition) is 3. The fourth-order valence-corrected chi connectivity index (χ4v) is 2.08. The molecule has 0 bridgehead atoms. The van der Waals surface area contributed by atoms with E-state index in [-0.39, 0.29) is 12.0 Å². The summed E-state index contributed by atoms with van der Waals surface area (Å²) in [5, 5.41) is 9.30. The highest BCUT2D eigenvalue weighted by Crippen LogP contribution is 2.21. The summed E-state index contributed by atoms with van der Waals surface area (Å²) in [6.45, 7) is 1.80. The minimum atomic E-state index is -1.07. The molecule has 1 N–H and O–H groups in total. The van der Waals surface area contributed by atoms with E-state index in [4.69, 9.17) is 16.7 Å². The number of nitrogens with zero attached hydrogens (tertiary/aromatic N) is 2. The Morgan fingerprint density at radius 2 is 2.20 bits per heavy atom. The zero-order valence-corrected chi connectivity index (χ0v) is 11.5. The van der Waals surface area contributed by atoms with Crippen molar-refractivity contribution in [3.8, 4) is 0 Å². The SMILES string of the molecule is CCc1nc(Cc2c(F)cccc2Cl)ncc1C(=O)O. The second-order valence-corrected chi connectivity index (χ2v) is 4.59. The zero-order valence-electron chi connectivity index (χ0n) is 10.7. The van der Waals surface area contributed by atoms with Gasteiger partial charge in [0, 0.05) is 23.2 Å². The highest BCUT2D eigenvalue weighted by molar-refractivity contribution is 6.31. The first kappa shape index (κ1) is 14.4. The molecule has 0 saturated carbocycles. The third-order valence-corrected chi connectivity index (χ3v) is 3.23. The Balaban J connectivity index is 2.37.